The summed E-state index contributed by atoms with van der Waals surface area (Å²) in [5, 5.41) is 14.9. The Kier molecular flexibility index (Phi) is 5.92. The highest BCUT2D eigenvalue weighted by Gasteiger charge is 2.28. The number of ether oxygens (including phenoxy) is 1. The van der Waals surface area contributed by atoms with Gasteiger partial charge in [-0.3, -0.25) is 5.10 Å². The Labute approximate surface area is 193 Å². The number of nitrogens with two attached hydrogens (primary N) is 1. The van der Waals surface area contributed by atoms with Gasteiger partial charge in [0.05, 0.1) is 12.2 Å². The summed E-state index contributed by atoms with van der Waals surface area (Å²) in [5.74, 6) is 2.75. The Bertz CT molecular complexity index is 1100. The summed E-state index contributed by atoms with van der Waals surface area (Å²) in [6, 6.07) is 3.98. The highest BCUT2D eigenvalue weighted by molar-refractivity contribution is 5.77. The Morgan fingerprint density at radius 1 is 1.27 bits per heavy atom. The van der Waals surface area contributed by atoms with Crippen LogP contribution in [-0.2, 0) is 6.54 Å². The van der Waals surface area contributed by atoms with Crippen molar-refractivity contribution >= 4 is 11.8 Å². The van der Waals surface area contributed by atoms with Crippen LogP contribution in [0.3, 0.4) is 0 Å². The third-order valence-corrected chi connectivity index (χ3v) is 6.22. The molecular weight excluding hydrogens is 420 g/mol. The minimum atomic E-state index is 0.0365. The molecule has 2 fully saturated rings. The highest BCUT2D eigenvalue weighted by Crippen LogP contribution is 2.41. The lowest BCUT2D eigenvalue weighted by molar-refractivity contribution is 0.101. The monoisotopic (exact) mass is 452 g/mol. The van der Waals surface area contributed by atoms with Gasteiger partial charge in [-0.2, -0.15) is 15.1 Å². The first-order chi connectivity index (χ1) is 16.0. The van der Waals surface area contributed by atoms with Crippen molar-refractivity contribution in [3.63, 3.8) is 0 Å². The van der Waals surface area contributed by atoms with Crippen molar-refractivity contribution in [3.8, 4) is 17.1 Å². The van der Waals surface area contributed by atoms with E-state index in [0.717, 1.165) is 43.0 Å². The number of hydrogen-bond acceptors (Lipinski definition) is 9. The number of H-pyrrole nitrogens is 1. The van der Waals surface area contributed by atoms with Crippen molar-refractivity contribution in [2.45, 2.75) is 64.0 Å². The number of anilines is 2. The fourth-order valence-corrected chi connectivity index (χ4v) is 4.15. The fraction of sp³-hybridized carbons (Fsp3) is 0.565. The molecule has 3 aromatic heterocycles. The number of piperidine rings is 1. The second-order valence-corrected chi connectivity index (χ2v) is 9.47. The van der Waals surface area contributed by atoms with Gasteiger partial charge in [0.2, 0.25) is 11.8 Å². The van der Waals surface area contributed by atoms with Crippen molar-refractivity contribution in [1.29, 1.82) is 0 Å². The van der Waals surface area contributed by atoms with Crippen LogP contribution in [0, 0.1) is 0 Å². The molecule has 0 spiro atoms. The molecule has 1 aliphatic heterocycles. The molecule has 0 radical (unpaired) electrons. The molecule has 1 saturated carbocycles. The molecular formula is C23H32N8O2. The first-order valence-corrected chi connectivity index (χ1v) is 11.7. The zero-order chi connectivity index (χ0) is 22.9. The highest BCUT2D eigenvalue weighted by atomic mass is 16.5. The number of likely N-dealkylation sites (tertiary alicyclic amines) is 1. The standard InChI is InChI=1S/C23H32N8O2/c1-13(2)17-9-16(33-30-17)11-25-23-26-21(24)20(19-10-18(28-29-19)14-6-7-14)22(27-23)32-15-5-4-8-31(3)12-15/h9-10,13-15H,4-8,11-12H2,1-3H3,(H,28,29)(H3,24,25,26,27). The number of nitrogens with zero attached hydrogens (tertiary/aromatic N) is 5. The lowest BCUT2D eigenvalue weighted by Crippen LogP contribution is -2.38. The average Bonchev–Trinajstić information content (AvgIpc) is 3.31. The quantitative estimate of drug-likeness (QED) is 0.470. The molecule has 4 heterocycles. The van der Waals surface area contributed by atoms with Crippen LogP contribution in [0.2, 0.25) is 0 Å². The Morgan fingerprint density at radius 2 is 2.12 bits per heavy atom. The molecule has 0 bridgehead atoms. The molecule has 0 aromatic carbocycles. The summed E-state index contributed by atoms with van der Waals surface area (Å²) in [6.07, 6.45) is 4.47. The van der Waals surface area contributed by atoms with Gasteiger partial charge >= 0.3 is 0 Å². The first-order valence-electron chi connectivity index (χ1n) is 11.7. The van der Waals surface area contributed by atoms with Gasteiger partial charge in [0.25, 0.3) is 0 Å². The molecule has 1 unspecified atom stereocenters. The van der Waals surface area contributed by atoms with E-state index in [1.807, 2.05) is 12.1 Å². The van der Waals surface area contributed by atoms with E-state index in [9.17, 15) is 0 Å². The van der Waals surface area contributed by atoms with Gasteiger partial charge in [0, 0.05) is 24.2 Å². The number of likely N-dealkylation sites (N-methyl/N-ethyl adjacent to an activating group) is 1. The smallest absolute Gasteiger partial charge is 0.230 e. The average molecular weight is 453 g/mol. The van der Waals surface area contributed by atoms with Crippen molar-refractivity contribution in [2.75, 3.05) is 31.2 Å². The summed E-state index contributed by atoms with van der Waals surface area (Å²) in [4.78, 5) is 11.5. The summed E-state index contributed by atoms with van der Waals surface area (Å²) in [5.41, 5.74) is 9.83. The van der Waals surface area contributed by atoms with E-state index in [1.165, 1.54) is 12.8 Å². The van der Waals surface area contributed by atoms with Gasteiger partial charge in [-0.15, -0.1) is 0 Å². The fourth-order valence-electron chi connectivity index (χ4n) is 4.15. The van der Waals surface area contributed by atoms with E-state index in [4.69, 9.17) is 20.0 Å². The second-order valence-electron chi connectivity index (χ2n) is 9.47. The molecule has 1 atom stereocenters. The molecule has 0 amide bonds. The van der Waals surface area contributed by atoms with Gasteiger partial charge in [-0.25, -0.2) is 0 Å². The predicted octanol–water partition coefficient (Wildman–Crippen LogP) is 3.52. The summed E-state index contributed by atoms with van der Waals surface area (Å²) in [6.45, 7) is 6.47. The van der Waals surface area contributed by atoms with E-state index in [1.54, 1.807) is 0 Å². The molecule has 1 aliphatic carbocycles. The van der Waals surface area contributed by atoms with E-state index in [-0.39, 0.29) is 6.10 Å². The number of nitrogen functional groups attached to an aromatic ring is 1. The molecule has 176 valence electrons. The van der Waals surface area contributed by atoms with Gasteiger partial charge in [-0.05, 0) is 51.3 Å². The van der Waals surface area contributed by atoms with Crippen LogP contribution < -0.4 is 15.8 Å². The van der Waals surface area contributed by atoms with E-state index >= 15 is 0 Å². The number of aromatic nitrogens is 5. The van der Waals surface area contributed by atoms with Crippen LogP contribution in [0.4, 0.5) is 11.8 Å². The number of aromatic amines is 1. The molecule has 10 nitrogen and oxygen atoms in total. The first kappa shape index (κ1) is 21.7. The van der Waals surface area contributed by atoms with E-state index < -0.39 is 0 Å². The van der Waals surface area contributed by atoms with E-state index in [2.05, 4.69) is 51.4 Å². The largest absolute Gasteiger partial charge is 0.472 e. The normalized spacial score (nSPS) is 19.2. The third kappa shape index (κ3) is 4.95. The molecule has 4 N–H and O–H groups in total. The predicted molar refractivity (Wildman–Crippen MR) is 125 cm³/mol. The lowest BCUT2D eigenvalue weighted by atomic mass is 10.1. The van der Waals surface area contributed by atoms with Gasteiger partial charge in [-0.1, -0.05) is 19.0 Å². The molecule has 1 saturated heterocycles. The Morgan fingerprint density at radius 3 is 2.85 bits per heavy atom. The summed E-state index contributed by atoms with van der Waals surface area (Å²) < 4.78 is 11.8. The zero-order valence-electron chi connectivity index (χ0n) is 19.5. The number of nitrogens with one attached hydrogen (secondary N) is 2. The van der Waals surface area contributed by atoms with Crippen molar-refractivity contribution in [1.82, 2.24) is 30.2 Å². The van der Waals surface area contributed by atoms with Crippen LogP contribution in [-0.4, -0.2) is 56.5 Å². The molecule has 10 heteroatoms. The topological polar surface area (TPSA) is 131 Å². The van der Waals surface area contributed by atoms with Crippen molar-refractivity contribution in [3.05, 3.63) is 29.3 Å². The van der Waals surface area contributed by atoms with Crippen LogP contribution in [0.5, 0.6) is 5.88 Å². The van der Waals surface area contributed by atoms with Crippen LogP contribution in [0.15, 0.2) is 16.7 Å². The van der Waals surface area contributed by atoms with Gasteiger partial charge in [0.1, 0.15) is 23.2 Å². The minimum Gasteiger partial charge on any atom is -0.472 e. The van der Waals surface area contributed by atoms with Crippen molar-refractivity contribution in [2.24, 2.45) is 0 Å². The van der Waals surface area contributed by atoms with Crippen LogP contribution >= 0.6 is 0 Å². The molecule has 33 heavy (non-hydrogen) atoms. The second kappa shape index (κ2) is 9.01. The lowest BCUT2D eigenvalue weighted by Gasteiger charge is -2.30. The SMILES string of the molecule is CC(C)c1cc(CNc2nc(N)c(-c3cc(C4CC4)[nH]n3)c(OC3CCCN(C)C3)n2)on1. The maximum atomic E-state index is 6.43. The van der Waals surface area contributed by atoms with Gasteiger partial charge < -0.3 is 25.2 Å². The van der Waals surface area contributed by atoms with Gasteiger partial charge in [0.15, 0.2) is 5.76 Å². The third-order valence-electron chi connectivity index (χ3n) is 6.22. The minimum absolute atomic E-state index is 0.0365. The maximum absolute atomic E-state index is 6.43. The van der Waals surface area contributed by atoms with E-state index in [0.29, 0.717) is 47.4 Å². The maximum Gasteiger partial charge on any atom is 0.230 e. The number of rotatable bonds is 8. The van der Waals surface area contributed by atoms with Crippen molar-refractivity contribution < 1.29 is 9.26 Å². The molecule has 5 rings (SSSR count). The Hall–Kier alpha value is -3.14. The van der Waals surface area contributed by atoms with Crippen LogP contribution in [0.1, 0.15) is 68.5 Å². The summed E-state index contributed by atoms with van der Waals surface area (Å²) >= 11 is 0. The van der Waals surface area contributed by atoms with Crippen LogP contribution in [0.25, 0.3) is 11.3 Å². The summed E-state index contributed by atoms with van der Waals surface area (Å²) in [7, 11) is 2.11. The molecule has 3 aromatic rings. The zero-order valence-corrected chi connectivity index (χ0v) is 19.5. The number of hydrogen-bond donors (Lipinski definition) is 3. The molecule has 2 aliphatic rings. The Balaban J connectivity index is 1.41.